The Morgan fingerprint density at radius 1 is 0.429 bits per heavy atom. The Balaban J connectivity index is 1.55. The van der Waals surface area contributed by atoms with Crippen molar-refractivity contribution in [3.8, 4) is 28.6 Å². The molecule has 0 unspecified atom stereocenters. The third-order valence-electron chi connectivity index (χ3n) is 9.55. The minimum Gasteiger partial charge on any atom is -0.309 e. The third-order valence-corrected chi connectivity index (χ3v) is 9.55. The Kier molecular flexibility index (Phi) is 7.98. The molecule has 3 aromatic heterocycles. The van der Waals surface area contributed by atoms with Gasteiger partial charge in [-0.25, -0.2) is 0 Å². The summed E-state index contributed by atoms with van der Waals surface area (Å²) in [6, 6.07) is 17.5. The standard InChI is InChI=1S/C40H18F12N4/c41-37(42,43)22-1-5-26-27-6-2-23(38(44,45)46)15-34(27)55(33(26)14-22)31-18-30(20-9-11-54-12-10-20)32(13-21(31)19-53)56-35-16-24(39(47,48)49)3-7-28(35)29-8-4-25(17-36(29)56)40(50,51)52/h1-18H. The highest BCUT2D eigenvalue weighted by atomic mass is 19.4. The summed E-state index contributed by atoms with van der Waals surface area (Å²) in [6.45, 7) is 0. The lowest BCUT2D eigenvalue weighted by Crippen LogP contribution is -2.08. The molecule has 8 aromatic rings. The van der Waals surface area contributed by atoms with Crippen LogP contribution in [0, 0.1) is 11.3 Å². The number of alkyl halides is 12. The molecule has 0 N–H and O–H groups in total. The lowest BCUT2D eigenvalue weighted by atomic mass is 9.99. The fourth-order valence-corrected chi connectivity index (χ4v) is 7.06. The summed E-state index contributed by atoms with van der Waals surface area (Å²) in [7, 11) is 0. The number of halogens is 12. The summed E-state index contributed by atoms with van der Waals surface area (Å²) in [5.41, 5.74) is -5.94. The van der Waals surface area contributed by atoms with Gasteiger partial charge in [-0.2, -0.15) is 57.9 Å². The minimum atomic E-state index is -4.89. The average molecular weight is 783 g/mol. The van der Waals surface area contributed by atoms with Crippen LogP contribution in [0.3, 0.4) is 0 Å². The summed E-state index contributed by atoms with van der Waals surface area (Å²) in [4.78, 5) is 3.97. The van der Waals surface area contributed by atoms with E-state index in [0.717, 1.165) is 75.9 Å². The van der Waals surface area contributed by atoms with Crippen LogP contribution < -0.4 is 0 Å². The van der Waals surface area contributed by atoms with E-state index in [2.05, 4.69) is 4.98 Å². The summed E-state index contributed by atoms with van der Waals surface area (Å²) in [5, 5.41) is 11.0. The van der Waals surface area contributed by atoms with Crippen molar-refractivity contribution >= 4 is 43.6 Å². The number of benzene rings is 5. The SMILES string of the molecule is N#Cc1cc(-n2c3cc(C(F)(F)F)ccc3c3ccc(C(F)(F)F)cc32)c(-c2ccncc2)cc1-n1c2cc(C(F)(F)F)ccc2c2ccc(C(F)(F)F)cc21. The number of fused-ring (bicyclic) bond motifs is 6. The van der Waals surface area contributed by atoms with E-state index in [1.165, 1.54) is 30.6 Å². The molecule has 5 aromatic carbocycles. The van der Waals surface area contributed by atoms with Gasteiger partial charge in [0.15, 0.2) is 0 Å². The van der Waals surface area contributed by atoms with Crippen LogP contribution in [-0.4, -0.2) is 14.1 Å². The van der Waals surface area contributed by atoms with Crippen LogP contribution in [0.2, 0.25) is 0 Å². The monoisotopic (exact) mass is 782 g/mol. The zero-order valence-electron chi connectivity index (χ0n) is 27.7. The van der Waals surface area contributed by atoms with E-state index in [4.69, 9.17) is 0 Å². The zero-order valence-corrected chi connectivity index (χ0v) is 27.7. The van der Waals surface area contributed by atoms with Crippen molar-refractivity contribution in [2.45, 2.75) is 24.7 Å². The molecule has 4 nitrogen and oxygen atoms in total. The van der Waals surface area contributed by atoms with Gasteiger partial charge in [-0.1, -0.05) is 24.3 Å². The van der Waals surface area contributed by atoms with Gasteiger partial charge < -0.3 is 9.13 Å². The summed E-state index contributed by atoms with van der Waals surface area (Å²) in [5.74, 6) is 0. The fraction of sp³-hybridized carbons (Fsp3) is 0.100. The molecule has 16 heteroatoms. The molecule has 0 aliphatic heterocycles. The van der Waals surface area contributed by atoms with Crippen molar-refractivity contribution in [1.29, 1.82) is 5.26 Å². The Hall–Kier alpha value is -6.50. The molecule has 282 valence electrons. The van der Waals surface area contributed by atoms with Crippen molar-refractivity contribution in [1.82, 2.24) is 14.1 Å². The molecule has 0 fully saturated rings. The number of hydrogen-bond donors (Lipinski definition) is 0. The largest absolute Gasteiger partial charge is 0.416 e. The van der Waals surface area contributed by atoms with Crippen molar-refractivity contribution in [3.05, 3.63) is 137 Å². The van der Waals surface area contributed by atoms with E-state index < -0.39 is 47.0 Å². The number of nitrogens with zero attached hydrogens (tertiary/aromatic N) is 4. The van der Waals surface area contributed by atoms with E-state index in [9.17, 15) is 57.9 Å². The highest BCUT2D eigenvalue weighted by Gasteiger charge is 2.36. The predicted octanol–water partition coefficient (Wildman–Crippen LogP) is 12.9. The van der Waals surface area contributed by atoms with Gasteiger partial charge in [-0.05, 0) is 78.4 Å². The molecule has 0 radical (unpaired) electrons. The molecular formula is C40H18F12N4. The molecule has 0 saturated heterocycles. The zero-order chi connectivity index (χ0) is 40.1. The molecule has 0 aliphatic carbocycles. The molecule has 56 heavy (non-hydrogen) atoms. The van der Waals surface area contributed by atoms with Crippen LogP contribution in [0.4, 0.5) is 52.7 Å². The Morgan fingerprint density at radius 2 is 0.768 bits per heavy atom. The van der Waals surface area contributed by atoms with Gasteiger partial charge in [0.1, 0.15) is 6.07 Å². The Morgan fingerprint density at radius 3 is 1.09 bits per heavy atom. The molecule has 0 aliphatic rings. The first-order chi connectivity index (χ1) is 26.3. The molecule has 3 heterocycles. The molecule has 0 saturated carbocycles. The van der Waals surface area contributed by atoms with Gasteiger partial charge in [0, 0.05) is 39.5 Å². The van der Waals surface area contributed by atoms with E-state index in [1.807, 2.05) is 6.07 Å². The van der Waals surface area contributed by atoms with E-state index in [-0.39, 0.29) is 71.7 Å². The first-order valence-electron chi connectivity index (χ1n) is 16.2. The number of nitriles is 1. The quantitative estimate of drug-likeness (QED) is 0.168. The maximum atomic E-state index is 14.1. The second kappa shape index (κ2) is 12.3. The van der Waals surface area contributed by atoms with Gasteiger partial charge >= 0.3 is 24.7 Å². The number of hydrogen-bond acceptors (Lipinski definition) is 2. The molecule has 0 atom stereocenters. The van der Waals surface area contributed by atoms with Crippen LogP contribution >= 0.6 is 0 Å². The Bertz CT molecular complexity index is 2780. The van der Waals surface area contributed by atoms with E-state index >= 15 is 0 Å². The van der Waals surface area contributed by atoms with Gasteiger partial charge in [0.05, 0.1) is 61.3 Å². The first kappa shape index (κ1) is 36.5. The lowest BCUT2D eigenvalue weighted by Gasteiger charge is -2.19. The topological polar surface area (TPSA) is 46.5 Å². The fourth-order valence-electron chi connectivity index (χ4n) is 7.06. The molecular weight excluding hydrogens is 764 g/mol. The van der Waals surface area contributed by atoms with Crippen LogP contribution in [0.25, 0.3) is 66.1 Å². The third kappa shape index (κ3) is 5.94. The smallest absolute Gasteiger partial charge is 0.309 e. The lowest BCUT2D eigenvalue weighted by molar-refractivity contribution is -0.138. The molecule has 0 bridgehead atoms. The minimum absolute atomic E-state index is 0.0315. The Labute approximate surface area is 306 Å². The van der Waals surface area contributed by atoms with Crippen LogP contribution in [0.15, 0.2) is 109 Å². The van der Waals surface area contributed by atoms with E-state index in [0.29, 0.717) is 12.1 Å². The summed E-state index contributed by atoms with van der Waals surface area (Å²) < 4.78 is 171. The molecule has 0 spiro atoms. The van der Waals surface area contributed by atoms with Gasteiger partial charge in [-0.15, -0.1) is 0 Å². The van der Waals surface area contributed by atoms with Crippen molar-refractivity contribution in [3.63, 3.8) is 0 Å². The first-order valence-corrected chi connectivity index (χ1v) is 16.2. The van der Waals surface area contributed by atoms with Crippen LogP contribution in [-0.2, 0) is 24.7 Å². The number of rotatable bonds is 3. The van der Waals surface area contributed by atoms with Crippen LogP contribution in [0.5, 0.6) is 0 Å². The van der Waals surface area contributed by atoms with Crippen LogP contribution in [0.1, 0.15) is 27.8 Å². The second-order valence-corrected chi connectivity index (χ2v) is 12.8. The number of aromatic nitrogens is 3. The highest BCUT2D eigenvalue weighted by molar-refractivity contribution is 6.11. The van der Waals surface area contributed by atoms with Gasteiger partial charge in [-0.3, -0.25) is 4.98 Å². The maximum Gasteiger partial charge on any atom is 0.416 e. The highest BCUT2D eigenvalue weighted by Crippen LogP contribution is 2.45. The normalized spacial score (nSPS) is 13.0. The van der Waals surface area contributed by atoms with Gasteiger partial charge in [0.2, 0.25) is 0 Å². The van der Waals surface area contributed by atoms with Gasteiger partial charge in [0.25, 0.3) is 0 Å². The second-order valence-electron chi connectivity index (χ2n) is 12.8. The average Bonchev–Trinajstić information content (AvgIpc) is 3.64. The maximum absolute atomic E-state index is 14.1. The van der Waals surface area contributed by atoms with Crippen molar-refractivity contribution in [2.24, 2.45) is 0 Å². The molecule has 0 amide bonds. The predicted molar refractivity (Wildman–Crippen MR) is 183 cm³/mol. The van der Waals surface area contributed by atoms with Crippen molar-refractivity contribution in [2.75, 3.05) is 0 Å². The molecule has 8 rings (SSSR count). The summed E-state index contributed by atoms with van der Waals surface area (Å²) in [6.07, 6.45) is -16.9. The van der Waals surface area contributed by atoms with Crippen molar-refractivity contribution < 1.29 is 52.7 Å². The number of pyridine rings is 1. The van der Waals surface area contributed by atoms with E-state index in [1.54, 1.807) is 0 Å². The summed E-state index contributed by atoms with van der Waals surface area (Å²) >= 11 is 0.